The average Bonchev–Trinajstić information content (AvgIpc) is 3.32. The Bertz CT molecular complexity index is 1450. The van der Waals surface area contributed by atoms with Crippen LogP contribution < -0.4 is 10.6 Å². The molecule has 12 heteroatoms. The molecule has 0 atom stereocenters. The van der Waals surface area contributed by atoms with Crippen LogP contribution in [-0.4, -0.2) is 63.7 Å². The van der Waals surface area contributed by atoms with Crippen LogP contribution in [0.2, 0.25) is 0 Å². The van der Waals surface area contributed by atoms with Crippen LogP contribution in [0.15, 0.2) is 60.8 Å². The number of nitrogens with zero attached hydrogens (tertiary/aromatic N) is 4. The molecule has 1 saturated heterocycles. The number of benzene rings is 2. The third kappa shape index (κ3) is 6.36. The van der Waals surface area contributed by atoms with Gasteiger partial charge in [0.25, 0.3) is 0 Å². The highest BCUT2D eigenvalue weighted by molar-refractivity contribution is 6.00. The van der Waals surface area contributed by atoms with Crippen molar-refractivity contribution in [3.8, 4) is 11.1 Å². The zero-order chi connectivity index (χ0) is 27.4. The lowest BCUT2D eigenvalue weighted by atomic mass is 10.0. The molecule has 1 aliphatic rings. The van der Waals surface area contributed by atoms with Gasteiger partial charge >= 0.3 is 12.2 Å². The van der Waals surface area contributed by atoms with Crippen molar-refractivity contribution in [2.75, 3.05) is 43.5 Å². The van der Waals surface area contributed by atoms with E-state index in [9.17, 15) is 23.1 Å². The van der Waals surface area contributed by atoms with Gasteiger partial charge in [0.05, 0.1) is 43.8 Å². The maximum Gasteiger partial charge on any atom is 0.416 e. The highest BCUT2D eigenvalue weighted by Crippen LogP contribution is 2.32. The van der Waals surface area contributed by atoms with Crippen LogP contribution >= 0.6 is 0 Å². The van der Waals surface area contributed by atoms with Gasteiger partial charge in [-0.2, -0.15) is 18.3 Å². The number of hydrogen-bond acceptors (Lipinski definition) is 6. The Morgan fingerprint density at radius 3 is 2.49 bits per heavy atom. The minimum atomic E-state index is -4.50. The lowest BCUT2D eigenvalue weighted by Crippen LogP contribution is -2.35. The molecule has 2 amide bonds. The second kappa shape index (κ2) is 11.4. The second-order valence-electron chi connectivity index (χ2n) is 9.11. The summed E-state index contributed by atoms with van der Waals surface area (Å²) in [7, 11) is 0. The molecule has 39 heavy (non-hydrogen) atoms. The number of aromatic nitrogens is 3. The quantitative estimate of drug-likeness (QED) is 0.317. The van der Waals surface area contributed by atoms with Gasteiger partial charge in [0.2, 0.25) is 0 Å². The Labute approximate surface area is 222 Å². The molecule has 0 aliphatic carbocycles. The molecule has 0 spiro atoms. The Morgan fingerprint density at radius 2 is 1.77 bits per heavy atom. The highest BCUT2D eigenvalue weighted by Gasteiger charge is 2.30. The van der Waals surface area contributed by atoms with Crippen LogP contribution in [0.1, 0.15) is 11.3 Å². The van der Waals surface area contributed by atoms with Gasteiger partial charge in [0, 0.05) is 36.4 Å². The Hall–Kier alpha value is -4.00. The fourth-order valence-corrected chi connectivity index (χ4v) is 4.47. The van der Waals surface area contributed by atoms with Crippen molar-refractivity contribution < 1.29 is 27.8 Å². The zero-order valence-electron chi connectivity index (χ0n) is 20.9. The van der Waals surface area contributed by atoms with Crippen LogP contribution in [0.25, 0.3) is 22.2 Å². The number of alkyl halides is 3. The minimum absolute atomic E-state index is 0.0332. The van der Waals surface area contributed by atoms with Crippen LogP contribution in [0.4, 0.5) is 29.3 Å². The molecule has 1 fully saturated rings. The van der Waals surface area contributed by atoms with Crippen LogP contribution in [-0.2, 0) is 24.0 Å². The van der Waals surface area contributed by atoms with Crippen molar-refractivity contribution in [3.05, 3.63) is 72.1 Å². The number of nitrogens with one attached hydrogen (secondary N) is 2. The summed E-state index contributed by atoms with van der Waals surface area (Å²) in [5, 5.41) is 19.8. The smallest absolute Gasteiger partial charge is 0.394 e. The molecule has 0 radical (unpaired) electrons. The van der Waals surface area contributed by atoms with Gasteiger partial charge in [-0.1, -0.05) is 18.2 Å². The molecule has 204 valence electrons. The van der Waals surface area contributed by atoms with Crippen LogP contribution in [0.3, 0.4) is 0 Å². The largest absolute Gasteiger partial charge is 0.416 e. The predicted molar refractivity (Wildman–Crippen MR) is 140 cm³/mol. The number of hydrogen-bond donors (Lipinski definition) is 3. The number of morpholine rings is 1. The number of rotatable bonds is 7. The molecule has 1 aliphatic heterocycles. The molecule has 5 rings (SSSR count). The first-order valence-electron chi connectivity index (χ1n) is 12.4. The number of carbonyl (C=O) groups excluding carboxylic acids is 1. The van der Waals surface area contributed by atoms with E-state index in [0.29, 0.717) is 37.6 Å². The summed E-state index contributed by atoms with van der Waals surface area (Å²) in [5.74, 6) is 0. The first-order chi connectivity index (χ1) is 18.8. The molecular formula is C27H27F3N6O3. The number of anilines is 2. The number of fused-ring (bicyclic) bond motifs is 1. The number of halogens is 3. The summed E-state index contributed by atoms with van der Waals surface area (Å²) in [6.07, 6.45) is -2.78. The van der Waals surface area contributed by atoms with E-state index in [0.717, 1.165) is 47.4 Å². The maximum atomic E-state index is 13.0. The standard InChI is InChI=1S/C27H27F3N6O3/c28-27(29,30)19-2-1-3-21(14-19)34-26(38)33-20-6-4-18(5-7-20)23-15-22(17-35-9-12-39-13-10-35)32-25-24(23)16-31-36(25)8-11-37/h1-7,14-16,37H,8-13,17H2,(H2,33,34,38). The predicted octanol–water partition coefficient (Wildman–Crippen LogP) is 4.59. The van der Waals surface area contributed by atoms with Crippen molar-refractivity contribution in [2.45, 2.75) is 19.3 Å². The van der Waals surface area contributed by atoms with E-state index in [1.807, 2.05) is 18.2 Å². The number of carbonyl (C=O) groups is 1. The van der Waals surface area contributed by atoms with E-state index in [1.54, 1.807) is 23.0 Å². The molecule has 9 nitrogen and oxygen atoms in total. The minimum Gasteiger partial charge on any atom is -0.394 e. The molecule has 4 aromatic rings. The molecule has 3 N–H and O–H groups in total. The van der Waals surface area contributed by atoms with E-state index >= 15 is 0 Å². The van der Waals surface area contributed by atoms with E-state index in [2.05, 4.69) is 20.6 Å². The fourth-order valence-electron chi connectivity index (χ4n) is 4.47. The van der Waals surface area contributed by atoms with Gasteiger partial charge in [-0.05, 0) is 47.5 Å². The molecule has 0 saturated carbocycles. The Kier molecular flexibility index (Phi) is 7.77. The number of pyridine rings is 1. The molecule has 3 heterocycles. The Morgan fingerprint density at radius 1 is 1.03 bits per heavy atom. The summed E-state index contributed by atoms with van der Waals surface area (Å²) in [6.45, 7) is 3.87. The monoisotopic (exact) mass is 540 g/mol. The lowest BCUT2D eigenvalue weighted by Gasteiger charge is -2.26. The average molecular weight is 541 g/mol. The van der Waals surface area contributed by atoms with Gasteiger partial charge in [0.1, 0.15) is 0 Å². The SMILES string of the molecule is O=C(Nc1ccc(-c2cc(CN3CCOCC3)nc3c2cnn3CCO)cc1)Nc1cccc(C(F)(F)F)c1. The number of aliphatic hydroxyl groups excluding tert-OH is 1. The fraction of sp³-hybridized carbons (Fsp3) is 0.296. The van der Waals surface area contributed by atoms with Gasteiger partial charge in [-0.3, -0.25) is 4.90 Å². The van der Waals surface area contributed by atoms with Gasteiger partial charge in [0.15, 0.2) is 5.65 Å². The summed E-state index contributed by atoms with van der Waals surface area (Å²) in [6, 6.07) is 12.9. The van der Waals surface area contributed by atoms with E-state index in [4.69, 9.17) is 9.72 Å². The summed E-state index contributed by atoms with van der Waals surface area (Å²) >= 11 is 0. The molecule has 0 bridgehead atoms. The van der Waals surface area contributed by atoms with Gasteiger partial charge in [-0.25, -0.2) is 14.5 Å². The number of amides is 2. The lowest BCUT2D eigenvalue weighted by molar-refractivity contribution is -0.137. The second-order valence-corrected chi connectivity index (χ2v) is 9.11. The van der Waals surface area contributed by atoms with Crippen LogP contribution in [0.5, 0.6) is 0 Å². The third-order valence-electron chi connectivity index (χ3n) is 6.36. The first kappa shape index (κ1) is 26.6. The van der Waals surface area contributed by atoms with Crippen molar-refractivity contribution in [3.63, 3.8) is 0 Å². The third-order valence-corrected chi connectivity index (χ3v) is 6.36. The topological polar surface area (TPSA) is 105 Å². The molecular weight excluding hydrogens is 513 g/mol. The summed E-state index contributed by atoms with van der Waals surface area (Å²) in [4.78, 5) is 19.5. The van der Waals surface area contributed by atoms with Crippen molar-refractivity contribution >= 4 is 28.4 Å². The number of aliphatic hydroxyl groups is 1. The summed E-state index contributed by atoms with van der Waals surface area (Å²) in [5.41, 5.74) is 2.98. The van der Waals surface area contributed by atoms with E-state index in [-0.39, 0.29) is 12.3 Å². The van der Waals surface area contributed by atoms with Crippen molar-refractivity contribution in [1.29, 1.82) is 0 Å². The molecule has 2 aromatic carbocycles. The zero-order valence-corrected chi connectivity index (χ0v) is 20.9. The van der Waals surface area contributed by atoms with Crippen LogP contribution in [0, 0.1) is 0 Å². The Balaban J connectivity index is 1.35. The van der Waals surface area contributed by atoms with Gasteiger partial charge in [-0.15, -0.1) is 0 Å². The number of ether oxygens (including phenoxy) is 1. The molecule has 2 aromatic heterocycles. The maximum absolute atomic E-state index is 13.0. The van der Waals surface area contributed by atoms with E-state index in [1.165, 1.54) is 12.1 Å². The highest BCUT2D eigenvalue weighted by atomic mass is 19.4. The molecule has 0 unspecified atom stereocenters. The van der Waals surface area contributed by atoms with Gasteiger partial charge < -0.3 is 20.5 Å². The van der Waals surface area contributed by atoms with Crippen molar-refractivity contribution in [2.24, 2.45) is 0 Å². The summed E-state index contributed by atoms with van der Waals surface area (Å²) < 4.78 is 46.0. The van der Waals surface area contributed by atoms with Crippen molar-refractivity contribution in [1.82, 2.24) is 19.7 Å². The normalized spacial score (nSPS) is 14.5. The van der Waals surface area contributed by atoms with E-state index < -0.39 is 17.8 Å². The number of urea groups is 1. The first-order valence-corrected chi connectivity index (χ1v) is 12.4.